The van der Waals surface area contributed by atoms with Crippen LogP contribution in [0, 0.1) is 0 Å². The number of fused-ring (bicyclic) bond motifs is 1. The third-order valence-corrected chi connectivity index (χ3v) is 4.53. The summed E-state index contributed by atoms with van der Waals surface area (Å²) in [6.45, 7) is 7.03. The maximum atomic E-state index is 4.40. The first-order chi connectivity index (χ1) is 9.16. The molecule has 0 bridgehead atoms. The lowest BCUT2D eigenvalue weighted by atomic mass is 9.87. The molecule has 1 aromatic heterocycles. The van der Waals surface area contributed by atoms with Crippen molar-refractivity contribution in [3.63, 3.8) is 0 Å². The second-order valence-corrected chi connectivity index (χ2v) is 5.95. The molecule has 0 amide bonds. The molecule has 3 nitrogen and oxygen atoms in total. The van der Waals surface area contributed by atoms with Crippen LogP contribution in [0.25, 0.3) is 10.9 Å². The van der Waals surface area contributed by atoms with Gasteiger partial charge in [0.25, 0.3) is 0 Å². The molecule has 0 unspecified atom stereocenters. The highest BCUT2D eigenvalue weighted by molar-refractivity contribution is 5.82. The summed E-state index contributed by atoms with van der Waals surface area (Å²) in [6, 6.07) is 7.30. The quantitative estimate of drug-likeness (QED) is 0.824. The Bertz CT molecular complexity index is 562. The lowest BCUT2D eigenvalue weighted by Crippen LogP contribution is -2.37. The molecule has 1 aliphatic heterocycles. The van der Waals surface area contributed by atoms with Gasteiger partial charge in [0.05, 0.1) is 11.7 Å². The highest BCUT2D eigenvalue weighted by Crippen LogP contribution is 2.33. The standard InChI is InChI=1S/C16H23N3/c1-12(2)19-9-7-13(8-10-19)14-5-4-6-16-15(14)11-17-18(16)3/h4-6,11-13H,7-10H2,1-3H3. The highest BCUT2D eigenvalue weighted by Gasteiger charge is 2.23. The third-order valence-electron chi connectivity index (χ3n) is 4.53. The van der Waals surface area contributed by atoms with Crippen LogP contribution in [0.4, 0.5) is 0 Å². The molecule has 0 N–H and O–H groups in total. The zero-order chi connectivity index (χ0) is 13.4. The van der Waals surface area contributed by atoms with Gasteiger partial charge in [0, 0.05) is 18.5 Å². The fraction of sp³-hybridized carbons (Fsp3) is 0.562. The van der Waals surface area contributed by atoms with Crippen molar-refractivity contribution >= 4 is 10.9 Å². The van der Waals surface area contributed by atoms with Gasteiger partial charge >= 0.3 is 0 Å². The Morgan fingerprint density at radius 3 is 2.63 bits per heavy atom. The predicted octanol–water partition coefficient (Wildman–Crippen LogP) is 3.16. The van der Waals surface area contributed by atoms with Crippen LogP contribution < -0.4 is 0 Å². The molecule has 2 aromatic rings. The lowest BCUT2D eigenvalue weighted by Gasteiger charge is -2.35. The molecule has 1 aromatic carbocycles. The number of benzene rings is 1. The van der Waals surface area contributed by atoms with Gasteiger partial charge in [-0.25, -0.2) is 0 Å². The summed E-state index contributed by atoms with van der Waals surface area (Å²) >= 11 is 0. The van der Waals surface area contributed by atoms with Crippen LogP contribution in [-0.2, 0) is 7.05 Å². The average Bonchev–Trinajstić information content (AvgIpc) is 2.81. The summed E-state index contributed by atoms with van der Waals surface area (Å²) in [5.74, 6) is 0.697. The van der Waals surface area contributed by atoms with Gasteiger partial charge in [0.15, 0.2) is 0 Å². The SMILES string of the molecule is CC(C)N1CCC(c2cccc3c2cnn3C)CC1. The van der Waals surface area contributed by atoms with Crippen LogP contribution in [0.15, 0.2) is 24.4 Å². The molecular weight excluding hydrogens is 234 g/mol. The van der Waals surface area contributed by atoms with Gasteiger partial charge < -0.3 is 4.90 Å². The van der Waals surface area contributed by atoms with E-state index in [2.05, 4.69) is 42.0 Å². The van der Waals surface area contributed by atoms with E-state index in [1.54, 1.807) is 0 Å². The van der Waals surface area contributed by atoms with E-state index in [9.17, 15) is 0 Å². The molecule has 0 atom stereocenters. The minimum Gasteiger partial charge on any atom is -0.301 e. The van der Waals surface area contributed by atoms with Gasteiger partial charge in [0.2, 0.25) is 0 Å². The molecule has 1 saturated heterocycles. The minimum atomic E-state index is 0.676. The van der Waals surface area contributed by atoms with Crippen LogP contribution in [0.2, 0.25) is 0 Å². The number of aryl methyl sites for hydroxylation is 1. The molecule has 2 heterocycles. The Kier molecular flexibility index (Phi) is 3.31. The Morgan fingerprint density at radius 1 is 1.21 bits per heavy atom. The number of aromatic nitrogens is 2. The number of rotatable bonds is 2. The first-order valence-electron chi connectivity index (χ1n) is 7.31. The largest absolute Gasteiger partial charge is 0.301 e. The molecule has 0 radical (unpaired) electrons. The topological polar surface area (TPSA) is 21.1 Å². The van der Waals surface area contributed by atoms with Crippen molar-refractivity contribution in [1.82, 2.24) is 14.7 Å². The van der Waals surface area contributed by atoms with Crippen molar-refractivity contribution in [3.05, 3.63) is 30.0 Å². The van der Waals surface area contributed by atoms with E-state index in [0.29, 0.717) is 12.0 Å². The summed E-state index contributed by atoms with van der Waals surface area (Å²) in [5.41, 5.74) is 2.75. The molecule has 0 saturated carbocycles. The molecule has 3 heteroatoms. The van der Waals surface area contributed by atoms with E-state index in [1.165, 1.54) is 42.4 Å². The first kappa shape index (κ1) is 12.7. The summed E-state index contributed by atoms with van der Waals surface area (Å²) in [6.07, 6.45) is 4.57. The predicted molar refractivity (Wildman–Crippen MR) is 79.4 cm³/mol. The van der Waals surface area contributed by atoms with Gasteiger partial charge in [-0.15, -0.1) is 0 Å². The summed E-state index contributed by atoms with van der Waals surface area (Å²) in [4.78, 5) is 2.58. The van der Waals surface area contributed by atoms with Gasteiger partial charge in [-0.05, 0) is 57.3 Å². The number of hydrogen-bond acceptors (Lipinski definition) is 2. The first-order valence-corrected chi connectivity index (χ1v) is 7.31. The van der Waals surface area contributed by atoms with Gasteiger partial charge in [0.1, 0.15) is 0 Å². The van der Waals surface area contributed by atoms with E-state index >= 15 is 0 Å². The van der Waals surface area contributed by atoms with Gasteiger partial charge in [-0.1, -0.05) is 12.1 Å². The Hall–Kier alpha value is -1.35. The fourth-order valence-electron chi connectivity index (χ4n) is 3.28. The fourth-order valence-corrected chi connectivity index (χ4v) is 3.28. The van der Waals surface area contributed by atoms with E-state index in [0.717, 1.165) is 0 Å². The summed E-state index contributed by atoms with van der Waals surface area (Å²) < 4.78 is 1.97. The van der Waals surface area contributed by atoms with Crippen molar-refractivity contribution in [2.45, 2.75) is 38.6 Å². The van der Waals surface area contributed by atoms with E-state index in [-0.39, 0.29) is 0 Å². The van der Waals surface area contributed by atoms with Crippen LogP contribution in [-0.4, -0.2) is 33.8 Å². The van der Waals surface area contributed by atoms with E-state index < -0.39 is 0 Å². The third kappa shape index (κ3) is 2.27. The number of likely N-dealkylation sites (tertiary alicyclic amines) is 1. The van der Waals surface area contributed by atoms with Crippen molar-refractivity contribution in [2.24, 2.45) is 7.05 Å². The van der Waals surface area contributed by atoms with E-state index in [1.807, 2.05) is 17.9 Å². The van der Waals surface area contributed by atoms with Crippen LogP contribution in [0.1, 0.15) is 38.2 Å². The van der Waals surface area contributed by atoms with Crippen molar-refractivity contribution in [1.29, 1.82) is 0 Å². The maximum absolute atomic E-state index is 4.40. The summed E-state index contributed by atoms with van der Waals surface area (Å²) in [7, 11) is 2.02. The maximum Gasteiger partial charge on any atom is 0.0681 e. The van der Waals surface area contributed by atoms with Crippen molar-refractivity contribution < 1.29 is 0 Å². The van der Waals surface area contributed by atoms with Crippen LogP contribution >= 0.6 is 0 Å². The number of nitrogens with zero attached hydrogens (tertiary/aromatic N) is 3. The Labute approximate surface area is 115 Å². The van der Waals surface area contributed by atoms with Crippen molar-refractivity contribution in [3.8, 4) is 0 Å². The van der Waals surface area contributed by atoms with E-state index in [4.69, 9.17) is 0 Å². The molecule has 1 aliphatic rings. The zero-order valence-corrected chi connectivity index (χ0v) is 12.1. The molecule has 3 rings (SSSR count). The zero-order valence-electron chi connectivity index (χ0n) is 12.1. The molecule has 19 heavy (non-hydrogen) atoms. The normalized spacial score (nSPS) is 18.5. The molecule has 1 fully saturated rings. The molecular formula is C16H23N3. The number of piperidine rings is 1. The van der Waals surface area contributed by atoms with Crippen LogP contribution in [0.3, 0.4) is 0 Å². The number of hydrogen-bond donors (Lipinski definition) is 0. The Balaban J connectivity index is 1.86. The lowest BCUT2D eigenvalue weighted by molar-refractivity contribution is 0.172. The van der Waals surface area contributed by atoms with Gasteiger partial charge in [-0.3, -0.25) is 4.68 Å². The summed E-state index contributed by atoms with van der Waals surface area (Å²) in [5, 5.41) is 5.74. The minimum absolute atomic E-state index is 0.676. The molecule has 102 valence electrons. The van der Waals surface area contributed by atoms with Crippen LogP contribution in [0.5, 0.6) is 0 Å². The average molecular weight is 257 g/mol. The smallest absolute Gasteiger partial charge is 0.0681 e. The molecule has 0 spiro atoms. The van der Waals surface area contributed by atoms with Gasteiger partial charge in [-0.2, -0.15) is 5.10 Å². The second kappa shape index (κ2) is 4.97. The Morgan fingerprint density at radius 2 is 1.95 bits per heavy atom. The molecule has 0 aliphatic carbocycles. The highest BCUT2D eigenvalue weighted by atomic mass is 15.2. The second-order valence-electron chi connectivity index (χ2n) is 5.95. The van der Waals surface area contributed by atoms with Crippen molar-refractivity contribution in [2.75, 3.05) is 13.1 Å². The monoisotopic (exact) mass is 257 g/mol.